The second kappa shape index (κ2) is 20.3. The predicted octanol–water partition coefficient (Wildman–Crippen LogP) is 3.47. The number of benzene rings is 3. The van der Waals surface area contributed by atoms with E-state index in [0.29, 0.717) is 89.4 Å². The average molecular weight is 1020 g/mol. The van der Waals surface area contributed by atoms with Crippen LogP contribution in [-0.4, -0.2) is 155 Å². The number of nitrogens with zero attached hydrogens (tertiary/aromatic N) is 4. The Hall–Kier alpha value is -5.47. The number of rotatable bonds is 16. The number of likely N-dealkylation sites (tertiary alicyclic amines) is 2. The van der Waals surface area contributed by atoms with Gasteiger partial charge in [-0.05, 0) is 101 Å². The molecule has 5 aliphatic rings. The Morgan fingerprint density at radius 3 is 2.20 bits per heavy atom. The smallest absolute Gasteiger partial charge is 0.272 e. The Morgan fingerprint density at radius 1 is 0.829 bits per heavy atom. The molecular weight excluding hydrogens is 967 g/mol. The number of ether oxygens (including phenoxy) is 3. The number of piperidine rings is 2. The fourth-order valence-corrected chi connectivity index (χ4v) is 11.8. The lowest BCUT2D eigenvalue weighted by molar-refractivity contribution is -0.187. The van der Waals surface area contributed by atoms with Gasteiger partial charge in [0.15, 0.2) is 17.2 Å². The van der Waals surface area contributed by atoms with Crippen LogP contribution in [0.15, 0.2) is 54.6 Å². The lowest BCUT2D eigenvalue weighted by atomic mass is 9.48. The summed E-state index contributed by atoms with van der Waals surface area (Å²) >= 11 is 18.9. The third-order valence-corrected chi connectivity index (χ3v) is 15.3. The van der Waals surface area contributed by atoms with Crippen LogP contribution in [0.2, 0.25) is 15.1 Å². The van der Waals surface area contributed by atoms with E-state index in [2.05, 4.69) is 26.2 Å². The summed E-state index contributed by atoms with van der Waals surface area (Å²) in [6.45, 7) is 2.04. The highest BCUT2D eigenvalue weighted by Gasteiger charge is 2.72. The molecule has 0 radical (unpaired) electrons. The zero-order valence-corrected chi connectivity index (χ0v) is 41.0. The van der Waals surface area contributed by atoms with E-state index in [1.54, 1.807) is 46.0 Å². The number of aromatic hydroxyl groups is 1. The van der Waals surface area contributed by atoms with E-state index in [0.717, 1.165) is 23.2 Å². The van der Waals surface area contributed by atoms with Crippen molar-refractivity contribution >= 4 is 64.3 Å². The molecule has 4 heterocycles. The highest BCUT2D eigenvalue weighted by atomic mass is 35.5. The normalized spacial score (nSPS) is 23.5. The average Bonchev–Trinajstić information content (AvgIpc) is 3.87. The van der Waals surface area contributed by atoms with Gasteiger partial charge < -0.3 is 55.5 Å². The number of likely N-dealkylation sites (N-methyl/N-ethyl adjacent to an activating group) is 1. The summed E-state index contributed by atoms with van der Waals surface area (Å²) < 4.78 is 18.8. The van der Waals surface area contributed by atoms with E-state index in [4.69, 9.17) is 54.1 Å². The van der Waals surface area contributed by atoms with Crippen molar-refractivity contribution in [2.75, 3.05) is 66.2 Å². The first-order chi connectivity index (χ1) is 33.6. The number of phenols is 1. The van der Waals surface area contributed by atoms with Crippen molar-refractivity contribution in [2.24, 2.45) is 0 Å². The second-order valence-electron chi connectivity index (χ2n) is 18.7. The van der Waals surface area contributed by atoms with Crippen LogP contribution in [0.5, 0.6) is 11.5 Å². The zero-order valence-electron chi connectivity index (χ0n) is 38.7. The standard InChI is InChI=1S/C49H55Cl3N8O10/c1-27-43(57-60(35-9-8-31(51)22-33(35)52)44(27)28-3-6-30(50)7-4-28)47(66)55-32-12-18-59(19-13-32)41(65)26-69-24-39(63)54-17-16-53-38(62)23-68-25-40(64)56-34-11-14-49(67)37-21-29-5-10-36(61)45-42(29)48(49,46(34)70-45)15-20-58(37)2/h3-10,22,32,34,37,46,61,67H,11-21,23-26H2,1-2H3,(H,53,62)(H,54,63)(H,55,66)(H,56,64)/t34-,37+,46-,48-,49+/m0/s1. The van der Waals surface area contributed by atoms with Crippen molar-refractivity contribution in [3.63, 3.8) is 0 Å². The van der Waals surface area contributed by atoms with Gasteiger partial charge in [-0.25, -0.2) is 4.68 Å². The van der Waals surface area contributed by atoms with Crippen LogP contribution in [0.1, 0.15) is 59.3 Å². The summed E-state index contributed by atoms with van der Waals surface area (Å²) in [5, 5.41) is 40.5. The number of amides is 5. The molecule has 0 unspecified atom stereocenters. The van der Waals surface area contributed by atoms with Gasteiger partial charge in [0.2, 0.25) is 23.6 Å². The molecule has 3 aliphatic heterocycles. The molecule has 372 valence electrons. The van der Waals surface area contributed by atoms with Crippen LogP contribution in [-0.2, 0) is 40.5 Å². The molecule has 2 bridgehead atoms. The fraction of sp³-hybridized carbons (Fsp3) is 0.469. The molecule has 3 fully saturated rings. The molecule has 2 aliphatic carbocycles. The predicted molar refractivity (Wildman–Crippen MR) is 259 cm³/mol. The van der Waals surface area contributed by atoms with E-state index in [1.807, 2.05) is 32.2 Å². The Balaban J connectivity index is 0.656. The monoisotopic (exact) mass is 1020 g/mol. The van der Waals surface area contributed by atoms with Crippen molar-refractivity contribution in [3.8, 4) is 28.4 Å². The molecule has 9 rings (SSSR count). The molecule has 1 spiro atoms. The van der Waals surface area contributed by atoms with E-state index in [-0.39, 0.29) is 74.9 Å². The molecule has 2 saturated heterocycles. The molecule has 1 aromatic heterocycles. The molecule has 6 N–H and O–H groups in total. The van der Waals surface area contributed by atoms with Crippen LogP contribution in [0.4, 0.5) is 0 Å². The number of halogens is 3. The molecule has 70 heavy (non-hydrogen) atoms. The van der Waals surface area contributed by atoms with Gasteiger partial charge in [0.05, 0.1) is 33.5 Å². The van der Waals surface area contributed by atoms with Crippen LogP contribution < -0.4 is 26.0 Å². The minimum Gasteiger partial charge on any atom is -0.504 e. The van der Waals surface area contributed by atoms with Crippen LogP contribution in [0.25, 0.3) is 16.9 Å². The number of hydrogen-bond acceptors (Lipinski definition) is 12. The second-order valence-corrected chi connectivity index (χ2v) is 20.0. The van der Waals surface area contributed by atoms with Crippen molar-refractivity contribution in [3.05, 3.63) is 92.0 Å². The van der Waals surface area contributed by atoms with E-state index >= 15 is 0 Å². The van der Waals surface area contributed by atoms with Crippen LogP contribution >= 0.6 is 34.8 Å². The van der Waals surface area contributed by atoms with Gasteiger partial charge in [0.25, 0.3) is 5.91 Å². The Kier molecular flexibility index (Phi) is 14.4. The number of phenolic OH excluding ortho intramolecular Hbond substituents is 1. The summed E-state index contributed by atoms with van der Waals surface area (Å²) in [4.78, 5) is 68.4. The maximum atomic E-state index is 13.7. The molecule has 3 aromatic carbocycles. The van der Waals surface area contributed by atoms with Crippen LogP contribution in [0.3, 0.4) is 0 Å². The summed E-state index contributed by atoms with van der Waals surface area (Å²) in [5.41, 5.74) is 2.90. The van der Waals surface area contributed by atoms with Gasteiger partial charge in [0.1, 0.15) is 32.5 Å². The Labute approximate surface area is 419 Å². The number of hydrogen-bond donors (Lipinski definition) is 6. The molecule has 18 nitrogen and oxygen atoms in total. The Morgan fingerprint density at radius 2 is 1.50 bits per heavy atom. The number of carbonyl (C=O) groups is 5. The van der Waals surface area contributed by atoms with Gasteiger partial charge in [-0.15, -0.1) is 0 Å². The molecule has 21 heteroatoms. The number of aliphatic hydroxyl groups is 1. The summed E-state index contributed by atoms with van der Waals surface area (Å²) in [6.07, 6.45) is 2.59. The van der Waals surface area contributed by atoms with E-state index < -0.39 is 40.9 Å². The molecule has 5 atom stereocenters. The van der Waals surface area contributed by atoms with E-state index in [1.165, 1.54) is 0 Å². The topological polar surface area (TPSA) is 226 Å². The minimum absolute atomic E-state index is 0.0166. The number of carbonyl (C=O) groups excluding carboxylic acids is 5. The van der Waals surface area contributed by atoms with E-state index in [9.17, 15) is 34.2 Å². The van der Waals surface area contributed by atoms with Gasteiger partial charge in [-0.1, -0.05) is 53.0 Å². The highest BCUT2D eigenvalue weighted by molar-refractivity contribution is 6.35. The fourth-order valence-electron chi connectivity index (χ4n) is 11.2. The van der Waals surface area contributed by atoms with Gasteiger partial charge >= 0.3 is 0 Å². The number of nitrogens with one attached hydrogen (secondary N) is 4. The quantitative estimate of drug-likeness (QED) is 0.0889. The van der Waals surface area contributed by atoms with Crippen molar-refractivity contribution in [2.45, 2.75) is 80.7 Å². The van der Waals surface area contributed by atoms with Crippen molar-refractivity contribution in [1.82, 2.24) is 40.8 Å². The zero-order chi connectivity index (χ0) is 49.5. The Bertz CT molecular complexity index is 2700. The molecule has 1 saturated carbocycles. The maximum Gasteiger partial charge on any atom is 0.272 e. The van der Waals surface area contributed by atoms with Gasteiger partial charge in [0, 0.05) is 65.0 Å². The van der Waals surface area contributed by atoms with Crippen molar-refractivity contribution in [1.29, 1.82) is 0 Å². The van der Waals surface area contributed by atoms with Crippen molar-refractivity contribution < 1.29 is 48.4 Å². The summed E-state index contributed by atoms with van der Waals surface area (Å²) in [6, 6.07) is 15.0. The first-order valence-electron chi connectivity index (χ1n) is 23.4. The molecular formula is C49H55Cl3N8O10. The first-order valence-corrected chi connectivity index (χ1v) is 24.5. The van der Waals surface area contributed by atoms with Gasteiger partial charge in [-0.3, -0.25) is 24.0 Å². The minimum atomic E-state index is -1.08. The molecule has 5 amide bonds. The largest absolute Gasteiger partial charge is 0.504 e. The lowest BCUT2D eigenvalue weighted by Crippen LogP contribution is -2.77. The summed E-state index contributed by atoms with van der Waals surface area (Å²) in [7, 11) is 2.02. The van der Waals surface area contributed by atoms with Gasteiger partial charge in [-0.2, -0.15) is 5.10 Å². The third kappa shape index (κ3) is 9.42. The maximum absolute atomic E-state index is 13.7. The SMILES string of the molecule is Cc1c(C(=O)NC2CCN(C(=O)COCC(=O)NCCNC(=O)COCC(=O)N[C@H]3CC[C@@]4(O)[C@H]5Cc6ccc(O)c7c6[C@@]4(CCN5C)[C@H]3O7)CC2)nn(-c2ccc(Cl)cc2Cl)c1-c1ccc(Cl)cc1. The van der Waals surface area contributed by atoms with Crippen LogP contribution in [0, 0.1) is 6.92 Å². The first kappa shape index (κ1) is 49.5. The number of aromatic nitrogens is 2. The highest BCUT2D eigenvalue weighted by Crippen LogP contribution is 2.65. The summed E-state index contributed by atoms with van der Waals surface area (Å²) in [5.74, 6) is -1.65. The molecule has 4 aromatic rings. The lowest BCUT2D eigenvalue weighted by Gasteiger charge is -2.63. The third-order valence-electron chi connectivity index (χ3n) is 14.5.